The van der Waals surface area contributed by atoms with Gasteiger partial charge in [-0.15, -0.1) is 0 Å². The van der Waals surface area contributed by atoms with Gasteiger partial charge in [-0.3, -0.25) is 19.9 Å². The first-order chi connectivity index (χ1) is 13.4. The summed E-state index contributed by atoms with van der Waals surface area (Å²) >= 11 is 0. The second-order valence-electron chi connectivity index (χ2n) is 8.12. The lowest BCUT2D eigenvalue weighted by atomic mass is 10.00. The summed E-state index contributed by atoms with van der Waals surface area (Å²) in [6.07, 6.45) is 0.262. The maximum Gasteiger partial charge on any atom is 0.329 e. The minimum atomic E-state index is -0.448. The first kappa shape index (κ1) is 18.9. The van der Waals surface area contributed by atoms with Gasteiger partial charge in [0, 0.05) is 45.2 Å². The van der Waals surface area contributed by atoms with Gasteiger partial charge < -0.3 is 9.42 Å². The zero-order valence-corrected chi connectivity index (χ0v) is 16.6. The van der Waals surface area contributed by atoms with Crippen LogP contribution in [0, 0.1) is 5.92 Å². The summed E-state index contributed by atoms with van der Waals surface area (Å²) in [6.45, 7) is 8.84. The lowest BCUT2D eigenvalue weighted by Crippen LogP contribution is -2.53. The Labute approximate surface area is 164 Å². The first-order valence-corrected chi connectivity index (χ1v) is 9.84. The highest BCUT2D eigenvalue weighted by molar-refractivity contribution is 6.08. The van der Waals surface area contributed by atoms with Crippen molar-refractivity contribution in [1.29, 1.82) is 0 Å². The van der Waals surface area contributed by atoms with E-state index < -0.39 is 6.03 Å². The zero-order valence-electron chi connectivity index (χ0n) is 16.6. The first-order valence-electron chi connectivity index (χ1n) is 9.84. The number of carbonyl (C=O) groups excluding carboxylic acids is 2. The molecule has 150 valence electrons. The summed E-state index contributed by atoms with van der Waals surface area (Å²) in [7, 11) is 2.20. The molecule has 28 heavy (non-hydrogen) atoms. The van der Waals surface area contributed by atoms with Crippen molar-refractivity contribution in [2.24, 2.45) is 5.92 Å². The molecule has 0 radical (unpaired) electrons. The number of carbonyl (C=O) groups is 2. The minimum Gasteiger partial charge on any atom is -0.354 e. The van der Waals surface area contributed by atoms with Crippen molar-refractivity contribution < 1.29 is 14.1 Å². The average Bonchev–Trinajstić information content (AvgIpc) is 3.06. The predicted octanol–water partition coefficient (Wildman–Crippen LogP) is 2.05. The fourth-order valence-electron chi connectivity index (χ4n) is 4.11. The topological polar surface area (TPSA) is 81.9 Å². The number of fused-ring (bicyclic) bond motifs is 1. The fraction of sp³-hybridized carbons (Fsp3) is 0.550. The molecule has 0 bridgehead atoms. The third-order valence-electron chi connectivity index (χ3n) is 5.78. The molecule has 8 nitrogen and oxygen atoms in total. The average molecular weight is 385 g/mol. The van der Waals surface area contributed by atoms with Crippen LogP contribution in [0.5, 0.6) is 0 Å². The van der Waals surface area contributed by atoms with E-state index in [1.165, 1.54) is 4.90 Å². The van der Waals surface area contributed by atoms with Gasteiger partial charge in [-0.1, -0.05) is 25.1 Å². The number of hydrogen-bond acceptors (Lipinski definition) is 6. The Morgan fingerprint density at radius 2 is 2.07 bits per heavy atom. The number of aromatic nitrogens is 1. The van der Waals surface area contributed by atoms with Crippen LogP contribution in [0.15, 0.2) is 22.7 Å². The van der Waals surface area contributed by atoms with E-state index in [2.05, 4.69) is 47.2 Å². The molecule has 4 rings (SSSR count). The molecule has 1 atom stereocenters. The second-order valence-corrected chi connectivity index (χ2v) is 8.12. The molecule has 1 N–H and O–H groups in total. The quantitative estimate of drug-likeness (QED) is 0.867. The van der Waals surface area contributed by atoms with Gasteiger partial charge in [0.25, 0.3) is 0 Å². The maximum atomic E-state index is 12.2. The largest absolute Gasteiger partial charge is 0.354 e. The van der Waals surface area contributed by atoms with Crippen molar-refractivity contribution in [3.63, 3.8) is 0 Å². The van der Waals surface area contributed by atoms with E-state index in [-0.39, 0.29) is 12.3 Å². The van der Waals surface area contributed by atoms with E-state index >= 15 is 0 Å². The lowest BCUT2D eigenvalue weighted by Gasteiger charge is -2.41. The summed E-state index contributed by atoms with van der Waals surface area (Å²) < 4.78 is 5.41. The second kappa shape index (κ2) is 7.52. The lowest BCUT2D eigenvalue weighted by molar-refractivity contribution is -0.120. The van der Waals surface area contributed by atoms with E-state index in [4.69, 9.17) is 4.52 Å². The predicted molar refractivity (Wildman–Crippen MR) is 106 cm³/mol. The Morgan fingerprint density at radius 1 is 1.25 bits per heavy atom. The van der Waals surface area contributed by atoms with Crippen molar-refractivity contribution >= 4 is 28.7 Å². The van der Waals surface area contributed by atoms with Crippen molar-refractivity contribution in [3.05, 3.63) is 23.8 Å². The maximum absolute atomic E-state index is 12.2. The Balaban J connectivity index is 1.55. The number of nitrogens with one attached hydrogen (secondary N) is 1. The molecule has 3 amide bonds. The van der Waals surface area contributed by atoms with E-state index in [1.807, 2.05) is 12.1 Å². The van der Waals surface area contributed by atoms with Gasteiger partial charge in [-0.05, 0) is 30.7 Å². The molecular weight excluding hydrogens is 358 g/mol. The summed E-state index contributed by atoms with van der Waals surface area (Å²) in [5.41, 5.74) is 1.80. The number of urea groups is 1. The van der Waals surface area contributed by atoms with Crippen LogP contribution in [-0.4, -0.2) is 66.2 Å². The molecule has 0 saturated carbocycles. The molecule has 1 aromatic heterocycles. The standard InChI is InChI=1S/C20H27N5O3/c1-13(2)16-12-24(9-8-23(16)3)11-14-4-5-17-15(10-14)19(22-28-17)25-7-6-18(26)21-20(25)27/h4-5,10,13,16H,6-9,11-12H2,1-3H3,(H,21,26,27)/t16-/m1/s1. The summed E-state index contributed by atoms with van der Waals surface area (Å²) in [5.74, 6) is 0.824. The van der Waals surface area contributed by atoms with Crippen molar-refractivity contribution in [2.75, 3.05) is 38.1 Å². The molecule has 0 unspecified atom stereocenters. The molecule has 0 spiro atoms. The van der Waals surface area contributed by atoms with Crippen molar-refractivity contribution in [2.45, 2.75) is 32.9 Å². The number of rotatable bonds is 4. The molecule has 2 fully saturated rings. The molecular formula is C20H27N5O3. The molecule has 3 heterocycles. The minimum absolute atomic E-state index is 0.260. The number of nitrogens with zero attached hydrogens (tertiary/aromatic N) is 4. The van der Waals surface area contributed by atoms with Crippen LogP contribution in [0.1, 0.15) is 25.8 Å². The van der Waals surface area contributed by atoms with Crippen LogP contribution in [-0.2, 0) is 11.3 Å². The Bertz CT molecular complexity index is 893. The highest BCUT2D eigenvalue weighted by Gasteiger charge is 2.29. The fourth-order valence-corrected chi connectivity index (χ4v) is 4.11. The number of likely N-dealkylation sites (N-methyl/N-ethyl adjacent to an activating group) is 1. The van der Waals surface area contributed by atoms with E-state index in [9.17, 15) is 9.59 Å². The van der Waals surface area contributed by atoms with Crippen LogP contribution in [0.3, 0.4) is 0 Å². The van der Waals surface area contributed by atoms with Gasteiger partial charge in [0.1, 0.15) is 0 Å². The van der Waals surface area contributed by atoms with E-state index in [1.54, 1.807) is 0 Å². The SMILES string of the molecule is CC(C)[C@H]1CN(Cc2ccc3onc(N4CCC(=O)NC4=O)c3c2)CCN1C. The van der Waals surface area contributed by atoms with Crippen molar-refractivity contribution in [1.82, 2.24) is 20.3 Å². The van der Waals surface area contributed by atoms with Crippen LogP contribution >= 0.6 is 0 Å². The van der Waals surface area contributed by atoms with E-state index in [0.29, 0.717) is 29.9 Å². The van der Waals surface area contributed by atoms with Gasteiger partial charge in [0.05, 0.1) is 5.39 Å². The number of anilines is 1. The highest BCUT2D eigenvalue weighted by atomic mass is 16.5. The molecule has 1 aromatic carbocycles. The van der Waals surface area contributed by atoms with Crippen LogP contribution in [0.4, 0.5) is 10.6 Å². The number of amides is 3. The molecule has 2 saturated heterocycles. The number of piperazine rings is 1. The number of benzene rings is 1. The molecule has 2 aromatic rings. The molecule has 8 heteroatoms. The van der Waals surface area contributed by atoms with Gasteiger partial charge in [0.2, 0.25) is 5.91 Å². The van der Waals surface area contributed by atoms with E-state index in [0.717, 1.165) is 37.1 Å². The number of hydrogen-bond donors (Lipinski definition) is 1. The van der Waals surface area contributed by atoms with Gasteiger partial charge in [-0.25, -0.2) is 4.79 Å². The Hall–Kier alpha value is -2.45. The third-order valence-corrected chi connectivity index (χ3v) is 5.78. The highest BCUT2D eigenvalue weighted by Crippen LogP contribution is 2.29. The summed E-state index contributed by atoms with van der Waals surface area (Å²) in [4.78, 5) is 30.0. The van der Waals surface area contributed by atoms with Crippen LogP contribution in [0.25, 0.3) is 11.0 Å². The summed E-state index contributed by atoms with van der Waals surface area (Å²) in [5, 5.41) is 7.22. The molecule has 2 aliphatic rings. The molecule has 0 aliphatic carbocycles. The monoisotopic (exact) mass is 385 g/mol. The molecule has 2 aliphatic heterocycles. The number of imide groups is 1. The Kier molecular flexibility index (Phi) is 5.07. The zero-order chi connectivity index (χ0) is 19.8. The third kappa shape index (κ3) is 3.62. The smallest absolute Gasteiger partial charge is 0.329 e. The van der Waals surface area contributed by atoms with Gasteiger partial charge >= 0.3 is 6.03 Å². The van der Waals surface area contributed by atoms with Gasteiger partial charge in [-0.2, -0.15) is 0 Å². The summed E-state index contributed by atoms with van der Waals surface area (Å²) in [6, 6.07) is 6.12. The van der Waals surface area contributed by atoms with Crippen molar-refractivity contribution in [3.8, 4) is 0 Å². The van der Waals surface area contributed by atoms with Crippen LogP contribution in [0.2, 0.25) is 0 Å². The Morgan fingerprint density at radius 3 is 2.82 bits per heavy atom. The van der Waals surface area contributed by atoms with Gasteiger partial charge in [0.15, 0.2) is 11.4 Å². The normalized spacial score (nSPS) is 22.3. The van der Waals surface area contributed by atoms with Crippen LogP contribution < -0.4 is 10.2 Å².